The lowest BCUT2D eigenvalue weighted by Gasteiger charge is -2.45. The summed E-state index contributed by atoms with van der Waals surface area (Å²) < 4.78 is 12.7. The highest BCUT2D eigenvalue weighted by molar-refractivity contribution is 7.00. The first-order valence-electron chi connectivity index (χ1n) is 24.2. The SMILES string of the molecule is Cc1cc2c3c(c1)N(c1ccc(C4=CCCc5oc6ccccc6c54)cc1)c1cc(C(C)(C)C)ccc1B3c1cc(C(C)(C)C)ccc1N2c1ccc(-c2cccc3oc4ccccc4c23)cc1. The molecule has 8 aromatic carbocycles. The monoisotopic (exact) mass is 880 g/mol. The number of hydrogen-bond donors (Lipinski definition) is 0. The van der Waals surface area contributed by atoms with Gasteiger partial charge in [0.15, 0.2) is 0 Å². The summed E-state index contributed by atoms with van der Waals surface area (Å²) in [6.45, 7) is 16.2. The van der Waals surface area contributed by atoms with Crippen LogP contribution in [-0.4, -0.2) is 6.71 Å². The summed E-state index contributed by atoms with van der Waals surface area (Å²) in [7, 11) is 0. The molecule has 0 atom stereocenters. The summed E-state index contributed by atoms with van der Waals surface area (Å²) in [5.41, 5.74) is 23.8. The van der Waals surface area contributed by atoms with Gasteiger partial charge in [0, 0.05) is 62.3 Å². The van der Waals surface area contributed by atoms with Gasteiger partial charge >= 0.3 is 0 Å². The Morgan fingerprint density at radius 2 is 1.10 bits per heavy atom. The van der Waals surface area contributed by atoms with Crippen molar-refractivity contribution in [2.45, 2.75) is 72.1 Å². The molecule has 1 aliphatic carbocycles. The Labute approximate surface area is 399 Å². The molecule has 0 amide bonds. The molecule has 4 nitrogen and oxygen atoms in total. The van der Waals surface area contributed by atoms with Crippen molar-refractivity contribution in [3.8, 4) is 11.1 Å². The highest BCUT2D eigenvalue weighted by Crippen LogP contribution is 2.47. The molecule has 2 aromatic heterocycles. The first-order chi connectivity index (χ1) is 32.9. The number of fused-ring (bicyclic) bond motifs is 10. The van der Waals surface area contributed by atoms with Crippen LogP contribution in [0.2, 0.25) is 0 Å². The Hall–Kier alpha value is -7.50. The van der Waals surface area contributed by atoms with Gasteiger partial charge in [-0.25, -0.2) is 0 Å². The third-order valence-corrected chi connectivity index (χ3v) is 14.9. The normalized spacial score (nSPS) is 14.3. The number of furan rings is 2. The summed E-state index contributed by atoms with van der Waals surface area (Å²) in [6.07, 6.45) is 4.29. The number of aryl methyl sites for hydroxylation is 2. The Balaban J connectivity index is 0.999. The standard InChI is InChI=1S/C63H53BN2O2/c1-38-34-53-61-54(35-38)66(44-30-24-40(25-31-44)46-17-13-21-58-60(46)48-15-9-11-19-56(48)68-58)52-37-42(63(5,6)7)26-32-49(52)64(61)50-36-41(62(2,3)4)27-33-51(50)65(53)43-28-22-39(23-29-43)45-16-12-20-57-59(45)47-14-8-10-18-55(47)67-57/h8-12,14-20,22-37H,13,21H2,1-7H3. The number of anilines is 6. The van der Waals surface area contributed by atoms with E-state index in [9.17, 15) is 0 Å². The van der Waals surface area contributed by atoms with Gasteiger partial charge in [0.05, 0.1) is 0 Å². The van der Waals surface area contributed by atoms with Crippen LogP contribution in [0, 0.1) is 6.92 Å². The molecule has 2 aliphatic heterocycles. The predicted molar refractivity (Wildman–Crippen MR) is 287 cm³/mol. The van der Waals surface area contributed by atoms with Crippen LogP contribution in [-0.2, 0) is 17.3 Å². The quantitative estimate of drug-likeness (QED) is 0.165. The lowest BCUT2D eigenvalue weighted by atomic mass is 9.33. The van der Waals surface area contributed by atoms with Gasteiger partial charge in [-0.15, -0.1) is 0 Å². The molecular formula is C63H53BN2O2. The molecule has 3 aliphatic rings. The van der Waals surface area contributed by atoms with E-state index >= 15 is 0 Å². The van der Waals surface area contributed by atoms with Crippen molar-refractivity contribution in [3.05, 3.63) is 203 Å². The lowest BCUT2D eigenvalue weighted by molar-refractivity contribution is 0.545. The van der Waals surface area contributed by atoms with E-state index in [4.69, 9.17) is 8.83 Å². The maximum Gasteiger partial charge on any atom is 0.252 e. The van der Waals surface area contributed by atoms with E-state index < -0.39 is 0 Å². The molecule has 0 fully saturated rings. The minimum atomic E-state index is -0.0375. The van der Waals surface area contributed by atoms with E-state index in [1.165, 1.54) is 83.5 Å². The minimum Gasteiger partial charge on any atom is -0.460 e. The van der Waals surface area contributed by atoms with E-state index in [1.807, 2.05) is 6.07 Å². The molecule has 68 heavy (non-hydrogen) atoms. The average Bonchev–Trinajstić information content (AvgIpc) is 3.92. The van der Waals surface area contributed by atoms with Gasteiger partial charge < -0.3 is 18.6 Å². The molecule has 0 unspecified atom stereocenters. The molecule has 0 N–H and O–H groups in total. The van der Waals surface area contributed by atoms with Gasteiger partial charge in [-0.1, -0.05) is 145 Å². The maximum atomic E-state index is 6.41. The fourth-order valence-electron chi connectivity index (χ4n) is 11.5. The largest absolute Gasteiger partial charge is 0.460 e. The number of rotatable bonds is 4. The summed E-state index contributed by atoms with van der Waals surface area (Å²) >= 11 is 0. The number of benzene rings is 8. The van der Waals surface area contributed by atoms with Gasteiger partial charge in [0.1, 0.15) is 22.5 Å². The summed E-state index contributed by atoms with van der Waals surface area (Å²) in [5.74, 6) is 1.09. The van der Waals surface area contributed by atoms with Crippen LogP contribution in [0.25, 0.3) is 49.6 Å². The summed E-state index contributed by atoms with van der Waals surface area (Å²) in [5, 5.41) is 3.48. The zero-order chi connectivity index (χ0) is 46.2. The van der Waals surface area contributed by atoms with Crippen LogP contribution in [0.15, 0.2) is 179 Å². The predicted octanol–water partition coefficient (Wildman–Crippen LogP) is 15.4. The second-order valence-electron chi connectivity index (χ2n) is 21.3. The second-order valence-corrected chi connectivity index (χ2v) is 21.3. The maximum absolute atomic E-state index is 6.41. The van der Waals surface area contributed by atoms with Crippen molar-refractivity contribution in [1.82, 2.24) is 0 Å². The number of nitrogens with zero attached hydrogens (tertiary/aromatic N) is 2. The molecule has 0 saturated heterocycles. The van der Waals surface area contributed by atoms with Crippen molar-refractivity contribution in [2.24, 2.45) is 0 Å². The molecule has 10 aromatic rings. The molecule has 13 rings (SSSR count). The van der Waals surface area contributed by atoms with E-state index in [0.29, 0.717) is 0 Å². The Kier molecular flexibility index (Phi) is 8.84. The molecule has 5 heteroatoms. The fraction of sp³-hybridized carbons (Fsp3) is 0.175. The van der Waals surface area contributed by atoms with Crippen molar-refractivity contribution in [2.75, 3.05) is 9.80 Å². The Morgan fingerprint density at radius 3 is 1.81 bits per heavy atom. The van der Waals surface area contributed by atoms with Crippen LogP contribution in [0.4, 0.5) is 34.1 Å². The number of para-hydroxylation sites is 2. The van der Waals surface area contributed by atoms with Crippen LogP contribution < -0.4 is 26.2 Å². The van der Waals surface area contributed by atoms with E-state index in [-0.39, 0.29) is 17.5 Å². The minimum absolute atomic E-state index is 0.0279. The van der Waals surface area contributed by atoms with Crippen molar-refractivity contribution < 1.29 is 8.83 Å². The van der Waals surface area contributed by atoms with Crippen LogP contribution in [0.1, 0.15) is 81.5 Å². The number of hydrogen-bond acceptors (Lipinski definition) is 4. The molecule has 0 radical (unpaired) electrons. The fourth-order valence-corrected chi connectivity index (χ4v) is 11.5. The van der Waals surface area contributed by atoms with E-state index in [2.05, 4.69) is 222 Å². The van der Waals surface area contributed by atoms with E-state index in [1.54, 1.807) is 0 Å². The molecule has 0 saturated carbocycles. The smallest absolute Gasteiger partial charge is 0.252 e. The zero-order valence-electron chi connectivity index (χ0n) is 39.9. The highest BCUT2D eigenvalue weighted by Gasteiger charge is 2.44. The molecule has 0 bridgehead atoms. The highest BCUT2D eigenvalue weighted by atomic mass is 16.3. The average molecular weight is 881 g/mol. The summed E-state index contributed by atoms with van der Waals surface area (Å²) in [4.78, 5) is 5.08. The van der Waals surface area contributed by atoms with Gasteiger partial charge in [0.25, 0.3) is 6.71 Å². The van der Waals surface area contributed by atoms with E-state index in [0.717, 1.165) is 63.1 Å². The third-order valence-electron chi connectivity index (χ3n) is 14.9. The first-order valence-corrected chi connectivity index (χ1v) is 24.2. The van der Waals surface area contributed by atoms with Crippen LogP contribution >= 0.6 is 0 Å². The third kappa shape index (κ3) is 6.21. The lowest BCUT2D eigenvalue weighted by Crippen LogP contribution is -2.61. The molecule has 0 spiro atoms. The van der Waals surface area contributed by atoms with Gasteiger partial charge in [-0.3, -0.25) is 0 Å². The van der Waals surface area contributed by atoms with Gasteiger partial charge in [-0.05, 0) is 146 Å². The Morgan fingerprint density at radius 1 is 0.500 bits per heavy atom. The van der Waals surface area contributed by atoms with Crippen LogP contribution in [0.3, 0.4) is 0 Å². The van der Waals surface area contributed by atoms with Crippen LogP contribution in [0.5, 0.6) is 0 Å². The molecular weight excluding hydrogens is 828 g/mol. The summed E-state index contributed by atoms with van der Waals surface area (Å²) in [6, 6.07) is 61.1. The molecule has 4 heterocycles. The van der Waals surface area contributed by atoms with Crippen molar-refractivity contribution in [3.63, 3.8) is 0 Å². The van der Waals surface area contributed by atoms with Gasteiger partial charge in [-0.2, -0.15) is 0 Å². The zero-order valence-corrected chi connectivity index (χ0v) is 39.9. The molecule has 330 valence electrons. The van der Waals surface area contributed by atoms with Crippen molar-refractivity contribution >= 4 is 95.7 Å². The topological polar surface area (TPSA) is 32.8 Å². The van der Waals surface area contributed by atoms with Gasteiger partial charge in [0.2, 0.25) is 0 Å². The Bertz CT molecular complexity index is 3720. The number of allylic oxidation sites excluding steroid dienone is 1. The first kappa shape index (κ1) is 40.8. The van der Waals surface area contributed by atoms with Crippen molar-refractivity contribution in [1.29, 1.82) is 0 Å². The second kappa shape index (κ2) is 14.8.